The first-order valence-electron chi connectivity index (χ1n) is 5.04. The van der Waals surface area contributed by atoms with E-state index in [9.17, 15) is 9.59 Å². The molecule has 1 unspecified atom stereocenters. The van der Waals surface area contributed by atoms with E-state index in [4.69, 9.17) is 21.4 Å². The van der Waals surface area contributed by atoms with Crippen LogP contribution in [0.2, 0.25) is 5.02 Å². The first-order valence-corrected chi connectivity index (χ1v) is 5.42. The van der Waals surface area contributed by atoms with Crippen LogP contribution < -0.4 is 5.32 Å². The molecule has 1 aromatic rings. The molecule has 0 amide bonds. The van der Waals surface area contributed by atoms with E-state index in [1.807, 2.05) is 0 Å². The molecule has 1 fully saturated rings. The topological polar surface area (TPSA) is 75.6 Å². The quantitative estimate of drug-likeness (QED) is 0.805. The summed E-state index contributed by atoms with van der Waals surface area (Å²) in [7, 11) is 0. The lowest BCUT2D eigenvalue weighted by molar-refractivity contribution is -0.138. The molecule has 2 rings (SSSR count). The van der Waals surface area contributed by atoms with Crippen molar-refractivity contribution in [2.75, 3.05) is 11.9 Å². The number of rotatable bonds is 3. The molecule has 0 spiro atoms. The standard InChI is InChI=1S/C11H10ClNO4/c12-6-1-2-8(7(5-6)10(14)15)13-9-3-4-17-11(9)16/h1-2,5,9,13H,3-4H2,(H,14,15). The van der Waals surface area contributed by atoms with Crippen LogP contribution in [-0.2, 0) is 9.53 Å². The molecule has 1 saturated heterocycles. The molecule has 90 valence electrons. The fraction of sp³-hybridized carbons (Fsp3) is 0.273. The van der Waals surface area contributed by atoms with Gasteiger partial charge in [0.1, 0.15) is 6.04 Å². The van der Waals surface area contributed by atoms with Gasteiger partial charge in [-0.3, -0.25) is 0 Å². The van der Waals surface area contributed by atoms with Crippen LogP contribution in [0, 0.1) is 0 Å². The highest BCUT2D eigenvalue weighted by atomic mass is 35.5. The Morgan fingerprint density at radius 2 is 2.29 bits per heavy atom. The van der Waals surface area contributed by atoms with Crippen molar-refractivity contribution < 1.29 is 19.4 Å². The average molecular weight is 256 g/mol. The normalized spacial score (nSPS) is 18.9. The number of benzene rings is 1. The van der Waals surface area contributed by atoms with Gasteiger partial charge in [-0.05, 0) is 18.2 Å². The van der Waals surface area contributed by atoms with E-state index < -0.39 is 12.0 Å². The second-order valence-corrected chi connectivity index (χ2v) is 4.08. The fourth-order valence-electron chi connectivity index (χ4n) is 1.63. The molecule has 0 bridgehead atoms. The van der Waals surface area contributed by atoms with Gasteiger partial charge < -0.3 is 15.2 Å². The number of aromatic carboxylic acids is 1. The zero-order valence-electron chi connectivity index (χ0n) is 8.77. The Balaban J connectivity index is 2.25. The summed E-state index contributed by atoms with van der Waals surface area (Å²) in [5.74, 6) is -1.46. The lowest BCUT2D eigenvalue weighted by atomic mass is 10.1. The predicted octanol–water partition coefficient (Wildman–Crippen LogP) is 1.77. The average Bonchev–Trinajstić information content (AvgIpc) is 2.67. The molecular weight excluding hydrogens is 246 g/mol. The van der Waals surface area contributed by atoms with Crippen molar-refractivity contribution in [3.05, 3.63) is 28.8 Å². The number of hydrogen-bond donors (Lipinski definition) is 2. The molecule has 2 N–H and O–H groups in total. The van der Waals surface area contributed by atoms with Gasteiger partial charge in [0.2, 0.25) is 0 Å². The maximum atomic E-state index is 11.3. The van der Waals surface area contributed by atoms with Crippen LogP contribution in [0.5, 0.6) is 0 Å². The second kappa shape index (κ2) is 4.63. The number of carboxylic acid groups (broad SMARTS) is 1. The van der Waals surface area contributed by atoms with Crippen LogP contribution in [0.15, 0.2) is 18.2 Å². The number of cyclic esters (lactones) is 1. The maximum Gasteiger partial charge on any atom is 0.337 e. The molecule has 0 aliphatic carbocycles. The lowest BCUT2D eigenvalue weighted by Gasteiger charge is -2.12. The number of nitrogens with one attached hydrogen (secondary N) is 1. The van der Waals surface area contributed by atoms with E-state index in [0.29, 0.717) is 23.7 Å². The van der Waals surface area contributed by atoms with Crippen LogP contribution in [0.3, 0.4) is 0 Å². The SMILES string of the molecule is O=C(O)c1cc(Cl)ccc1NC1CCOC1=O. The van der Waals surface area contributed by atoms with Crippen LogP contribution >= 0.6 is 11.6 Å². The van der Waals surface area contributed by atoms with E-state index in [0.717, 1.165) is 0 Å². The number of ether oxygens (including phenoxy) is 1. The number of esters is 1. The van der Waals surface area contributed by atoms with Gasteiger partial charge in [0.25, 0.3) is 0 Å². The van der Waals surface area contributed by atoms with Crippen LogP contribution in [0.25, 0.3) is 0 Å². The van der Waals surface area contributed by atoms with Crippen molar-refractivity contribution in [1.82, 2.24) is 0 Å². The Morgan fingerprint density at radius 1 is 1.53 bits per heavy atom. The van der Waals surface area contributed by atoms with Crippen LogP contribution in [0.1, 0.15) is 16.8 Å². The molecule has 17 heavy (non-hydrogen) atoms. The molecule has 6 heteroatoms. The first kappa shape index (κ1) is 11.7. The molecule has 1 heterocycles. The molecular formula is C11H10ClNO4. The summed E-state index contributed by atoms with van der Waals surface area (Å²) in [4.78, 5) is 22.3. The van der Waals surface area contributed by atoms with E-state index in [1.165, 1.54) is 12.1 Å². The molecule has 1 aliphatic rings. The summed E-state index contributed by atoms with van der Waals surface area (Å²) < 4.78 is 4.79. The zero-order valence-corrected chi connectivity index (χ0v) is 9.53. The van der Waals surface area contributed by atoms with Crippen LogP contribution in [-0.4, -0.2) is 29.7 Å². The molecule has 0 radical (unpaired) electrons. The van der Waals surface area contributed by atoms with Crippen molar-refractivity contribution in [3.8, 4) is 0 Å². The van der Waals surface area contributed by atoms with Crippen molar-refractivity contribution in [2.45, 2.75) is 12.5 Å². The summed E-state index contributed by atoms with van der Waals surface area (Å²) in [6, 6.07) is 3.95. The van der Waals surface area contributed by atoms with Crippen molar-refractivity contribution in [3.63, 3.8) is 0 Å². The third-order valence-corrected chi connectivity index (χ3v) is 2.71. The third kappa shape index (κ3) is 2.50. The van der Waals surface area contributed by atoms with E-state index in [-0.39, 0.29) is 11.5 Å². The van der Waals surface area contributed by atoms with Gasteiger partial charge in [-0.25, -0.2) is 9.59 Å². The molecule has 0 aromatic heterocycles. The summed E-state index contributed by atoms with van der Waals surface area (Å²) in [5.41, 5.74) is 0.406. The number of halogens is 1. The lowest BCUT2D eigenvalue weighted by Crippen LogP contribution is -2.25. The second-order valence-electron chi connectivity index (χ2n) is 3.65. The monoisotopic (exact) mass is 255 g/mol. The van der Waals surface area contributed by atoms with Gasteiger partial charge in [0, 0.05) is 17.1 Å². The minimum atomic E-state index is -1.10. The summed E-state index contributed by atoms with van der Waals surface area (Å²) in [6.07, 6.45) is 0.528. The van der Waals surface area contributed by atoms with Crippen molar-refractivity contribution in [2.24, 2.45) is 0 Å². The summed E-state index contributed by atoms with van der Waals surface area (Å²) >= 11 is 5.72. The molecule has 5 nitrogen and oxygen atoms in total. The Labute approximate surface area is 102 Å². The van der Waals surface area contributed by atoms with Crippen molar-refractivity contribution in [1.29, 1.82) is 0 Å². The number of carbonyl (C=O) groups is 2. The number of anilines is 1. The first-order chi connectivity index (χ1) is 8.08. The highest BCUT2D eigenvalue weighted by Crippen LogP contribution is 2.23. The zero-order chi connectivity index (χ0) is 12.4. The largest absolute Gasteiger partial charge is 0.478 e. The molecule has 0 saturated carbocycles. The van der Waals surface area contributed by atoms with Crippen LogP contribution in [0.4, 0.5) is 5.69 Å². The molecule has 1 aromatic carbocycles. The van der Waals surface area contributed by atoms with Gasteiger partial charge in [-0.15, -0.1) is 0 Å². The van der Waals surface area contributed by atoms with Gasteiger partial charge in [0.05, 0.1) is 12.2 Å². The van der Waals surface area contributed by atoms with Gasteiger partial charge >= 0.3 is 11.9 Å². The van der Waals surface area contributed by atoms with E-state index in [1.54, 1.807) is 6.07 Å². The Hall–Kier alpha value is -1.75. The van der Waals surface area contributed by atoms with Gasteiger partial charge in [-0.1, -0.05) is 11.6 Å². The Bertz CT molecular complexity index is 475. The fourth-order valence-corrected chi connectivity index (χ4v) is 1.81. The molecule has 1 aliphatic heterocycles. The predicted molar refractivity (Wildman–Crippen MR) is 61.4 cm³/mol. The summed E-state index contributed by atoms with van der Waals surface area (Å²) in [5, 5.41) is 12.2. The van der Waals surface area contributed by atoms with Gasteiger partial charge in [-0.2, -0.15) is 0 Å². The third-order valence-electron chi connectivity index (χ3n) is 2.48. The number of carbonyl (C=O) groups excluding carboxylic acids is 1. The summed E-state index contributed by atoms with van der Waals surface area (Å²) in [6.45, 7) is 0.354. The van der Waals surface area contributed by atoms with E-state index in [2.05, 4.69) is 5.32 Å². The highest BCUT2D eigenvalue weighted by Gasteiger charge is 2.27. The van der Waals surface area contributed by atoms with E-state index >= 15 is 0 Å². The maximum absolute atomic E-state index is 11.3. The number of carboxylic acids is 1. The van der Waals surface area contributed by atoms with Crippen molar-refractivity contribution >= 4 is 29.2 Å². The van der Waals surface area contributed by atoms with Gasteiger partial charge in [0.15, 0.2) is 0 Å². The Morgan fingerprint density at radius 3 is 2.88 bits per heavy atom. The minimum absolute atomic E-state index is 0.0391. The Kier molecular flexibility index (Phi) is 3.19. The molecule has 1 atom stereocenters. The number of hydrogen-bond acceptors (Lipinski definition) is 4. The minimum Gasteiger partial charge on any atom is -0.478 e. The highest BCUT2D eigenvalue weighted by molar-refractivity contribution is 6.31. The smallest absolute Gasteiger partial charge is 0.337 e.